The van der Waals surface area contributed by atoms with Crippen molar-refractivity contribution in [1.29, 1.82) is 0 Å². The van der Waals surface area contributed by atoms with Gasteiger partial charge >= 0.3 is 12.1 Å². The number of alkyl halides is 3. The Balaban J connectivity index is 1.18. The molecule has 2 amide bonds. The quantitative estimate of drug-likeness (QED) is 0.103. The van der Waals surface area contributed by atoms with Crippen LogP contribution in [0.15, 0.2) is 114 Å². The van der Waals surface area contributed by atoms with Crippen molar-refractivity contribution in [2.45, 2.75) is 55.5 Å². The van der Waals surface area contributed by atoms with Crippen molar-refractivity contribution in [3.63, 3.8) is 0 Å². The predicted octanol–water partition coefficient (Wildman–Crippen LogP) is 9.25. The zero-order valence-corrected chi connectivity index (χ0v) is 30.2. The summed E-state index contributed by atoms with van der Waals surface area (Å²) in [6, 6.07) is 28.9. The molecule has 1 aliphatic heterocycles. The number of rotatable bonds is 13. The molecule has 0 aliphatic carbocycles. The normalized spacial score (nSPS) is 13.0. The van der Waals surface area contributed by atoms with E-state index in [1.165, 1.54) is 24.4 Å². The minimum Gasteiger partial charge on any atom is -0.481 e. The number of carbonyl (C=O) groups is 3. The monoisotopic (exact) mass is 752 g/mol. The summed E-state index contributed by atoms with van der Waals surface area (Å²) in [5, 5.41) is 14.7. The number of anilines is 2. The number of benzene rings is 4. The van der Waals surface area contributed by atoms with Gasteiger partial charge in [0.2, 0.25) is 0 Å². The Labute approximate surface area is 315 Å². The Morgan fingerprint density at radius 1 is 0.778 bits per heavy atom. The number of carboxylic acid groups (broad SMARTS) is 1. The standard InChI is InChI=1S/C42H39F3N4O4S/c43-42(44,45)33-9-5-6-29(23-33)26-47-40(52)32-18-19-46-38(24-32)36-25-34(49-20-2-1-3-21-49)13-16-37(36)48-41(53)31-8-4-7-30(22-31)27-54-35-14-10-28(11-15-35)12-17-39(50)51/h4-11,13-16,18-19,22-25H,1-3,12,17,20-21,26-27H2,(H,47,52)(H,48,53)(H,50,51). The molecule has 1 fully saturated rings. The van der Waals surface area contributed by atoms with E-state index in [1.54, 1.807) is 23.9 Å². The smallest absolute Gasteiger partial charge is 0.416 e. The summed E-state index contributed by atoms with van der Waals surface area (Å²) in [5.41, 5.74) is 4.75. The highest BCUT2D eigenvalue weighted by molar-refractivity contribution is 7.98. The molecule has 0 atom stereocenters. The van der Waals surface area contributed by atoms with Crippen LogP contribution in [0.2, 0.25) is 0 Å². The molecule has 0 spiro atoms. The summed E-state index contributed by atoms with van der Waals surface area (Å²) in [7, 11) is 0. The van der Waals surface area contributed by atoms with E-state index in [9.17, 15) is 27.6 Å². The first kappa shape index (κ1) is 38.1. The number of carboxylic acids is 1. The fraction of sp³-hybridized carbons (Fsp3) is 0.238. The first-order valence-corrected chi connectivity index (χ1v) is 18.6. The van der Waals surface area contributed by atoms with E-state index in [2.05, 4.69) is 20.5 Å². The Bertz CT molecular complexity index is 2120. The molecule has 0 radical (unpaired) electrons. The molecule has 0 saturated carbocycles. The maximum Gasteiger partial charge on any atom is 0.416 e. The molecule has 54 heavy (non-hydrogen) atoms. The van der Waals surface area contributed by atoms with Crippen molar-refractivity contribution in [2.24, 2.45) is 0 Å². The lowest BCUT2D eigenvalue weighted by atomic mass is 10.0. The van der Waals surface area contributed by atoms with Gasteiger partial charge in [-0.25, -0.2) is 0 Å². The number of thioether (sulfide) groups is 1. The Morgan fingerprint density at radius 2 is 1.52 bits per heavy atom. The third-order valence-corrected chi connectivity index (χ3v) is 10.2. The maximum absolute atomic E-state index is 13.7. The third kappa shape index (κ3) is 10.3. The fourth-order valence-corrected chi connectivity index (χ4v) is 7.07. The van der Waals surface area contributed by atoms with Gasteiger partial charge in [0.05, 0.1) is 16.9 Å². The van der Waals surface area contributed by atoms with Crippen LogP contribution in [0.3, 0.4) is 0 Å². The van der Waals surface area contributed by atoms with Crippen molar-refractivity contribution in [1.82, 2.24) is 10.3 Å². The van der Waals surface area contributed by atoms with Gasteiger partial charge < -0.3 is 20.6 Å². The van der Waals surface area contributed by atoms with Gasteiger partial charge in [-0.3, -0.25) is 19.4 Å². The fourth-order valence-electron chi connectivity index (χ4n) is 6.23. The van der Waals surface area contributed by atoms with E-state index in [-0.39, 0.29) is 24.4 Å². The largest absolute Gasteiger partial charge is 0.481 e. The van der Waals surface area contributed by atoms with Crippen LogP contribution >= 0.6 is 11.8 Å². The molecule has 2 heterocycles. The average Bonchev–Trinajstić information content (AvgIpc) is 3.19. The number of pyridine rings is 1. The summed E-state index contributed by atoms with van der Waals surface area (Å²) in [5.74, 6) is -0.992. The molecule has 0 unspecified atom stereocenters. The van der Waals surface area contributed by atoms with Gasteiger partial charge in [-0.1, -0.05) is 36.4 Å². The minimum atomic E-state index is -4.49. The number of aryl methyl sites for hydroxylation is 1. The number of carbonyl (C=O) groups excluding carboxylic acids is 2. The van der Waals surface area contributed by atoms with Crippen LogP contribution in [0.1, 0.15) is 68.7 Å². The third-order valence-electron chi connectivity index (χ3n) is 9.12. The highest BCUT2D eigenvalue weighted by atomic mass is 32.2. The van der Waals surface area contributed by atoms with Gasteiger partial charge in [-0.15, -0.1) is 11.8 Å². The molecule has 1 aromatic heterocycles. The van der Waals surface area contributed by atoms with Crippen molar-refractivity contribution in [3.8, 4) is 11.3 Å². The van der Waals surface area contributed by atoms with Gasteiger partial charge in [0, 0.05) is 65.3 Å². The maximum atomic E-state index is 13.7. The summed E-state index contributed by atoms with van der Waals surface area (Å²) in [6.07, 6.45) is 0.872. The molecule has 5 aromatic rings. The minimum absolute atomic E-state index is 0.0839. The first-order valence-electron chi connectivity index (χ1n) is 17.7. The molecule has 1 aliphatic rings. The number of aliphatic carboxylic acids is 1. The second-order valence-corrected chi connectivity index (χ2v) is 14.1. The van der Waals surface area contributed by atoms with Crippen LogP contribution in [0.4, 0.5) is 24.5 Å². The van der Waals surface area contributed by atoms with E-state index in [4.69, 9.17) is 5.11 Å². The van der Waals surface area contributed by atoms with Gasteiger partial charge in [-0.2, -0.15) is 13.2 Å². The van der Waals surface area contributed by atoms with E-state index in [1.807, 2.05) is 60.7 Å². The molecule has 1 saturated heterocycles. The van der Waals surface area contributed by atoms with E-state index < -0.39 is 23.6 Å². The lowest BCUT2D eigenvalue weighted by molar-refractivity contribution is -0.138. The topological polar surface area (TPSA) is 112 Å². The summed E-state index contributed by atoms with van der Waals surface area (Å²) >= 11 is 1.61. The second kappa shape index (κ2) is 17.5. The van der Waals surface area contributed by atoms with E-state index in [0.717, 1.165) is 66.2 Å². The van der Waals surface area contributed by atoms with Crippen LogP contribution < -0.4 is 15.5 Å². The predicted molar refractivity (Wildman–Crippen MR) is 205 cm³/mol. The van der Waals surface area contributed by atoms with E-state index in [0.29, 0.717) is 40.2 Å². The van der Waals surface area contributed by atoms with Crippen LogP contribution in [-0.4, -0.2) is 41.0 Å². The summed E-state index contributed by atoms with van der Waals surface area (Å²) < 4.78 is 39.6. The molecule has 3 N–H and O–H groups in total. The van der Waals surface area contributed by atoms with Crippen molar-refractivity contribution >= 4 is 40.9 Å². The van der Waals surface area contributed by atoms with Crippen LogP contribution in [0.25, 0.3) is 11.3 Å². The van der Waals surface area contributed by atoms with Crippen LogP contribution in [0, 0.1) is 0 Å². The Morgan fingerprint density at radius 3 is 2.28 bits per heavy atom. The zero-order chi connectivity index (χ0) is 38.1. The van der Waals surface area contributed by atoms with Gasteiger partial charge in [0.15, 0.2) is 0 Å². The van der Waals surface area contributed by atoms with Crippen molar-refractivity contribution in [2.75, 3.05) is 23.3 Å². The SMILES string of the molecule is O=C(O)CCc1ccc(SCc2cccc(C(=O)Nc3ccc(N4CCCCC4)cc3-c3cc(C(=O)NCc4cccc(C(F)(F)F)c4)ccn3)c2)cc1. The lowest BCUT2D eigenvalue weighted by Gasteiger charge is -2.29. The lowest BCUT2D eigenvalue weighted by Crippen LogP contribution is -2.29. The van der Waals surface area contributed by atoms with Gasteiger partial charge in [0.25, 0.3) is 11.8 Å². The number of hydrogen-bond donors (Lipinski definition) is 3. The Kier molecular flexibility index (Phi) is 12.3. The van der Waals surface area contributed by atoms with E-state index >= 15 is 0 Å². The molecular formula is C42H39F3N4O4S. The first-order chi connectivity index (χ1) is 26.0. The molecule has 8 nitrogen and oxygen atoms in total. The van der Waals surface area contributed by atoms with Gasteiger partial charge in [-0.05, 0) is 109 Å². The van der Waals surface area contributed by atoms with Crippen LogP contribution in [-0.2, 0) is 29.7 Å². The molecular weight excluding hydrogens is 714 g/mol. The number of nitrogens with zero attached hydrogens (tertiary/aromatic N) is 2. The number of nitrogens with one attached hydrogen (secondary N) is 2. The highest BCUT2D eigenvalue weighted by Crippen LogP contribution is 2.34. The number of aromatic nitrogens is 1. The molecule has 0 bridgehead atoms. The zero-order valence-electron chi connectivity index (χ0n) is 29.4. The molecule has 12 heteroatoms. The highest BCUT2D eigenvalue weighted by Gasteiger charge is 2.30. The van der Waals surface area contributed by atoms with Gasteiger partial charge in [0.1, 0.15) is 0 Å². The average molecular weight is 753 g/mol. The summed E-state index contributed by atoms with van der Waals surface area (Å²) in [6.45, 7) is 1.71. The number of amides is 2. The Hall–Kier alpha value is -5.62. The number of hydrogen-bond acceptors (Lipinski definition) is 6. The molecule has 278 valence electrons. The molecule has 6 rings (SSSR count). The number of piperidine rings is 1. The number of halogens is 3. The van der Waals surface area contributed by atoms with Crippen LogP contribution in [0.5, 0.6) is 0 Å². The molecule has 4 aromatic carbocycles. The van der Waals surface area contributed by atoms with Crippen molar-refractivity contribution in [3.05, 3.63) is 143 Å². The van der Waals surface area contributed by atoms with Crippen molar-refractivity contribution < 1.29 is 32.7 Å². The summed E-state index contributed by atoms with van der Waals surface area (Å²) in [4.78, 5) is 45.7. The second-order valence-electron chi connectivity index (χ2n) is 13.1.